The number of hydrogen-bond donors (Lipinski definition) is 2. The number of anilines is 3. The van der Waals surface area contributed by atoms with E-state index in [4.69, 9.17) is 11.6 Å². The molecule has 0 aliphatic rings. The summed E-state index contributed by atoms with van der Waals surface area (Å²) < 4.78 is 0. The molecule has 2 N–H and O–H groups in total. The quantitative estimate of drug-likeness (QED) is 0.767. The molecule has 1 aromatic heterocycles. The molecule has 6 heteroatoms. The number of nitrogens with one attached hydrogen (secondary N) is 2. The van der Waals surface area contributed by atoms with E-state index in [1.807, 2.05) is 30.3 Å². The van der Waals surface area contributed by atoms with Crippen LogP contribution in [0.5, 0.6) is 0 Å². The first-order valence-corrected chi connectivity index (χ1v) is 7.04. The highest BCUT2D eigenvalue weighted by atomic mass is 35.5. The molecule has 110 valence electrons. The number of amides is 1. The SMILES string of the molecule is CC(=O)Nc1ccc2ncnc(Nc3cccc(Cl)c3)c2c1. The van der Waals surface area contributed by atoms with Gasteiger partial charge in [-0.2, -0.15) is 0 Å². The zero-order valence-electron chi connectivity index (χ0n) is 11.8. The molecule has 0 atom stereocenters. The monoisotopic (exact) mass is 312 g/mol. The van der Waals surface area contributed by atoms with Crippen molar-refractivity contribution in [1.29, 1.82) is 0 Å². The number of carbonyl (C=O) groups is 1. The summed E-state index contributed by atoms with van der Waals surface area (Å²) >= 11 is 5.99. The van der Waals surface area contributed by atoms with E-state index in [1.165, 1.54) is 13.3 Å². The Hall–Kier alpha value is -2.66. The molecule has 0 fully saturated rings. The highest BCUT2D eigenvalue weighted by molar-refractivity contribution is 6.30. The number of fused-ring (bicyclic) bond motifs is 1. The van der Waals surface area contributed by atoms with Crippen molar-refractivity contribution in [1.82, 2.24) is 9.97 Å². The summed E-state index contributed by atoms with van der Waals surface area (Å²) in [6.45, 7) is 1.47. The highest BCUT2D eigenvalue weighted by Gasteiger charge is 2.06. The van der Waals surface area contributed by atoms with Crippen molar-refractivity contribution >= 4 is 45.6 Å². The molecule has 0 aliphatic carbocycles. The second kappa shape index (κ2) is 5.99. The van der Waals surface area contributed by atoms with Gasteiger partial charge in [0.1, 0.15) is 12.1 Å². The zero-order valence-corrected chi connectivity index (χ0v) is 12.6. The van der Waals surface area contributed by atoms with Crippen LogP contribution in [-0.2, 0) is 4.79 Å². The van der Waals surface area contributed by atoms with Crippen molar-refractivity contribution in [2.45, 2.75) is 6.92 Å². The number of halogens is 1. The van der Waals surface area contributed by atoms with E-state index in [9.17, 15) is 4.79 Å². The van der Waals surface area contributed by atoms with E-state index in [0.29, 0.717) is 16.5 Å². The first-order valence-electron chi connectivity index (χ1n) is 6.67. The molecule has 22 heavy (non-hydrogen) atoms. The summed E-state index contributed by atoms with van der Waals surface area (Å²) in [6, 6.07) is 12.9. The predicted octanol–water partition coefficient (Wildman–Crippen LogP) is 3.99. The van der Waals surface area contributed by atoms with Crippen LogP contribution in [-0.4, -0.2) is 15.9 Å². The normalized spacial score (nSPS) is 10.5. The Morgan fingerprint density at radius 1 is 1.09 bits per heavy atom. The van der Waals surface area contributed by atoms with Gasteiger partial charge in [0.15, 0.2) is 0 Å². The smallest absolute Gasteiger partial charge is 0.221 e. The van der Waals surface area contributed by atoms with E-state index in [1.54, 1.807) is 12.1 Å². The maximum Gasteiger partial charge on any atom is 0.221 e. The molecule has 1 amide bonds. The van der Waals surface area contributed by atoms with Gasteiger partial charge in [0.25, 0.3) is 0 Å². The number of nitrogens with zero attached hydrogens (tertiary/aromatic N) is 2. The van der Waals surface area contributed by atoms with E-state index in [0.717, 1.165) is 16.6 Å². The maximum atomic E-state index is 11.2. The Morgan fingerprint density at radius 2 is 1.95 bits per heavy atom. The van der Waals surface area contributed by atoms with Crippen LogP contribution in [0.4, 0.5) is 17.2 Å². The Bertz CT molecular complexity index is 850. The summed E-state index contributed by atoms with van der Waals surface area (Å²) in [7, 11) is 0. The third kappa shape index (κ3) is 3.15. The molecule has 0 saturated carbocycles. The average molecular weight is 313 g/mol. The van der Waals surface area contributed by atoms with Gasteiger partial charge in [-0.25, -0.2) is 9.97 Å². The predicted molar refractivity (Wildman–Crippen MR) is 88.6 cm³/mol. The molecular formula is C16H13ClN4O. The Labute approximate surface area is 132 Å². The zero-order chi connectivity index (χ0) is 15.5. The number of rotatable bonds is 3. The molecule has 3 rings (SSSR count). The fraction of sp³-hybridized carbons (Fsp3) is 0.0625. The molecule has 0 radical (unpaired) electrons. The van der Waals surface area contributed by atoms with E-state index in [2.05, 4.69) is 20.6 Å². The lowest BCUT2D eigenvalue weighted by Crippen LogP contribution is -2.05. The highest BCUT2D eigenvalue weighted by Crippen LogP contribution is 2.26. The first-order chi connectivity index (χ1) is 10.6. The Kier molecular flexibility index (Phi) is 3.89. The molecule has 0 bridgehead atoms. The van der Waals surface area contributed by atoms with Gasteiger partial charge < -0.3 is 10.6 Å². The molecule has 0 spiro atoms. The fourth-order valence-electron chi connectivity index (χ4n) is 2.14. The molecule has 1 heterocycles. The molecule has 0 saturated heterocycles. The lowest BCUT2D eigenvalue weighted by molar-refractivity contribution is -0.114. The molecule has 0 aliphatic heterocycles. The molecule has 2 aromatic carbocycles. The summed E-state index contributed by atoms with van der Waals surface area (Å²) in [6.07, 6.45) is 1.49. The van der Waals surface area contributed by atoms with Crippen molar-refractivity contribution in [2.24, 2.45) is 0 Å². The number of benzene rings is 2. The second-order valence-electron chi connectivity index (χ2n) is 4.77. The van der Waals surface area contributed by atoms with Gasteiger partial charge in [-0.05, 0) is 36.4 Å². The summed E-state index contributed by atoms with van der Waals surface area (Å²) in [5.41, 5.74) is 2.31. The molecular weight excluding hydrogens is 300 g/mol. The minimum atomic E-state index is -0.124. The van der Waals surface area contributed by atoms with Crippen LogP contribution in [0.1, 0.15) is 6.92 Å². The van der Waals surface area contributed by atoms with Crippen LogP contribution in [0.25, 0.3) is 10.9 Å². The third-order valence-electron chi connectivity index (χ3n) is 3.04. The lowest BCUT2D eigenvalue weighted by atomic mass is 10.2. The van der Waals surface area contributed by atoms with E-state index in [-0.39, 0.29) is 5.91 Å². The van der Waals surface area contributed by atoms with Gasteiger partial charge in [0.05, 0.1) is 5.52 Å². The number of hydrogen-bond acceptors (Lipinski definition) is 4. The summed E-state index contributed by atoms with van der Waals surface area (Å²) in [5, 5.41) is 7.43. The number of aromatic nitrogens is 2. The largest absolute Gasteiger partial charge is 0.340 e. The van der Waals surface area contributed by atoms with Crippen LogP contribution in [0.15, 0.2) is 48.8 Å². The second-order valence-corrected chi connectivity index (χ2v) is 5.21. The fourth-order valence-corrected chi connectivity index (χ4v) is 2.33. The van der Waals surface area contributed by atoms with Crippen LogP contribution in [0, 0.1) is 0 Å². The van der Waals surface area contributed by atoms with Gasteiger partial charge in [-0.15, -0.1) is 0 Å². The van der Waals surface area contributed by atoms with Gasteiger partial charge in [-0.3, -0.25) is 4.79 Å². The van der Waals surface area contributed by atoms with Gasteiger partial charge in [0, 0.05) is 28.7 Å². The van der Waals surface area contributed by atoms with Crippen LogP contribution < -0.4 is 10.6 Å². The summed E-state index contributed by atoms with van der Waals surface area (Å²) in [4.78, 5) is 19.7. The first kappa shape index (κ1) is 14.3. The van der Waals surface area contributed by atoms with Gasteiger partial charge >= 0.3 is 0 Å². The maximum absolute atomic E-state index is 11.2. The molecule has 5 nitrogen and oxygen atoms in total. The van der Waals surface area contributed by atoms with Crippen molar-refractivity contribution in [3.05, 3.63) is 53.8 Å². The van der Waals surface area contributed by atoms with Crippen LogP contribution in [0.3, 0.4) is 0 Å². The van der Waals surface area contributed by atoms with Gasteiger partial charge in [-0.1, -0.05) is 17.7 Å². The summed E-state index contributed by atoms with van der Waals surface area (Å²) in [5.74, 6) is 0.528. The van der Waals surface area contributed by atoms with Crippen molar-refractivity contribution in [3.63, 3.8) is 0 Å². The Balaban J connectivity index is 2.02. The minimum Gasteiger partial charge on any atom is -0.340 e. The average Bonchev–Trinajstić information content (AvgIpc) is 2.47. The van der Waals surface area contributed by atoms with Crippen molar-refractivity contribution in [2.75, 3.05) is 10.6 Å². The van der Waals surface area contributed by atoms with E-state index >= 15 is 0 Å². The van der Waals surface area contributed by atoms with Crippen molar-refractivity contribution < 1.29 is 4.79 Å². The van der Waals surface area contributed by atoms with Gasteiger partial charge in [0.2, 0.25) is 5.91 Å². The van der Waals surface area contributed by atoms with Crippen LogP contribution in [0.2, 0.25) is 5.02 Å². The molecule has 0 unspecified atom stereocenters. The standard InChI is InChI=1S/C16H13ClN4O/c1-10(22)20-13-5-6-15-14(8-13)16(19-9-18-15)21-12-4-2-3-11(17)7-12/h2-9H,1H3,(H,20,22)(H,18,19,21). The minimum absolute atomic E-state index is 0.124. The third-order valence-corrected chi connectivity index (χ3v) is 3.28. The van der Waals surface area contributed by atoms with Crippen molar-refractivity contribution in [3.8, 4) is 0 Å². The molecule has 3 aromatic rings. The Morgan fingerprint density at radius 3 is 2.73 bits per heavy atom. The van der Waals surface area contributed by atoms with E-state index < -0.39 is 0 Å². The topological polar surface area (TPSA) is 66.9 Å². The van der Waals surface area contributed by atoms with Crippen LogP contribution >= 0.6 is 11.6 Å². The lowest BCUT2D eigenvalue weighted by Gasteiger charge is -2.10. The number of carbonyl (C=O) groups excluding carboxylic acids is 1.